The summed E-state index contributed by atoms with van der Waals surface area (Å²) in [6.07, 6.45) is 78.0. The number of amides is 1. The quantitative estimate of drug-likeness (QED) is 0.0156. The highest BCUT2D eigenvalue weighted by atomic mass is 31.2. The molecule has 10 heteroatoms. The zero-order valence-corrected chi connectivity index (χ0v) is 52.0. The lowest BCUT2D eigenvalue weighted by Crippen LogP contribution is -2.47. The van der Waals surface area contributed by atoms with Crippen LogP contribution in [0.1, 0.15) is 258 Å². The number of rotatable bonds is 56. The van der Waals surface area contributed by atoms with Crippen molar-refractivity contribution in [2.45, 2.75) is 270 Å². The second-order valence-corrected chi connectivity index (χ2v) is 23.7. The van der Waals surface area contributed by atoms with Crippen molar-refractivity contribution in [3.05, 3.63) is 109 Å². The van der Waals surface area contributed by atoms with Crippen molar-refractivity contribution in [3.8, 4) is 0 Å². The maximum absolute atomic E-state index is 13.5. The molecule has 3 atom stereocenters. The Morgan fingerprint density at radius 2 is 0.859 bits per heavy atom. The molecule has 0 aromatic rings. The van der Waals surface area contributed by atoms with Crippen LogP contribution in [0.25, 0.3) is 0 Å². The maximum atomic E-state index is 13.5. The highest BCUT2D eigenvalue weighted by molar-refractivity contribution is 7.47. The van der Waals surface area contributed by atoms with Crippen LogP contribution in [0.2, 0.25) is 0 Å². The average molecular weight is 1110 g/mol. The van der Waals surface area contributed by atoms with Crippen molar-refractivity contribution in [2.75, 3.05) is 40.9 Å². The fourth-order valence-electron chi connectivity index (χ4n) is 8.58. The number of phosphoric ester groups is 1. The number of allylic oxidation sites excluding steroid dienone is 17. The highest BCUT2D eigenvalue weighted by Crippen LogP contribution is 2.43. The van der Waals surface area contributed by atoms with Gasteiger partial charge in [-0.2, -0.15) is 0 Å². The Kier molecular flexibility index (Phi) is 54.5. The SMILES string of the molecule is CC/C=C\C/C=C\C/C=C\C/C=C\C/C=C\C/C=C\CCCCCCC(=O)OC(/C=C\CCCCCCCCCCCCC)C(COP(=O)(O)OCC[N+](C)(C)C)NC(=O)CCCCC/C=C/C=C/CCCCCCCCC. The molecule has 0 aromatic carbocycles. The molecule has 0 saturated heterocycles. The smallest absolute Gasteiger partial charge is 0.456 e. The summed E-state index contributed by atoms with van der Waals surface area (Å²) in [5.74, 6) is -0.569. The molecule has 0 radical (unpaired) electrons. The summed E-state index contributed by atoms with van der Waals surface area (Å²) in [4.78, 5) is 37.7. The van der Waals surface area contributed by atoms with Crippen LogP contribution < -0.4 is 5.32 Å². The van der Waals surface area contributed by atoms with E-state index in [0.717, 1.165) is 109 Å². The van der Waals surface area contributed by atoms with Crippen LogP contribution in [0.4, 0.5) is 0 Å². The van der Waals surface area contributed by atoms with Gasteiger partial charge in [0.2, 0.25) is 5.91 Å². The monoisotopic (exact) mass is 1110 g/mol. The first-order chi connectivity index (χ1) is 37.9. The second-order valence-electron chi connectivity index (χ2n) is 22.2. The summed E-state index contributed by atoms with van der Waals surface area (Å²) >= 11 is 0. The van der Waals surface area contributed by atoms with E-state index < -0.39 is 20.0 Å². The Balaban J connectivity index is 5.36. The van der Waals surface area contributed by atoms with Gasteiger partial charge in [-0.05, 0) is 109 Å². The number of esters is 1. The Bertz CT molecular complexity index is 1700. The highest BCUT2D eigenvalue weighted by Gasteiger charge is 2.30. The van der Waals surface area contributed by atoms with Crippen LogP contribution >= 0.6 is 7.82 Å². The van der Waals surface area contributed by atoms with Gasteiger partial charge in [-0.25, -0.2) is 4.57 Å². The Morgan fingerprint density at radius 1 is 0.474 bits per heavy atom. The maximum Gasteiger partial charge on any atom is 0.472 e. The minimum atomic E-state index is -4.47. The molecule has 9 nitrogen and oxygen atoms in total. The summed E-state index contributed by atoms with van der Waals surface area (Å²) in [6.45, 7) is 6.85. The fraction of sp³-hybridized carbons (Fsp3) is 0.706. The van der Waals surface area contributed by atoms with Crippen molar-refractivity contribution in [2.24, 2.45) is 0 Å². The summed E-state index contributed by atoms with van der Waals surface area (Å²) in [5, 5.41) is 3.03. The van der Waals surface area contributed by atoms with Crippen molar-refractivity contribution < 1.29 is 37.3 Å². The van der Waals surface area contributed by atoms with Crippen LogP contribution in [-0.4, -0.2) is 74.3 Å². The molecule has 0 saturated carbocycles. The summed E-state index contributed by atoms with van der Waals surface area (Å²) in [6, 6.07) is -0.880. The van der Waals surface area contributed by atoms with E-state index in [4.69, 9.17) is 13.8 Å². The third kappa shape index (κ3) is 57.4. The van der Waals surface area contributed by atoms with E-state index in [2.05, 4.69) is 123 Å². The number of carbonyl (C=O) groups excluding carboxylic acids is 2. The molecular weight excluding hydrogens is 988 g/mol. The first-order valence-electron chi connectivity index (χ1n) is 31.7. The molecular formula is C68H120N2O7P+. The van der Waals surface area contributed by atoms with Gasteiger partial charge in [-0.3, -0.25) is 18.6 Å². The van der Waals surface area contributed by atoms with E-state index in [-0.39, 0.29) is 37.9 Å². The molecule has 78 heavy (non-hydrogen) atoms. The summed E-state index contributed by atoms with van der Waals surface area (Å²) < 4.78 is 30.7. The number of ether oxygens (including phenoxy) is 1. The average Bonchev–Trinajstić information content (AvgIpc) is 3.40. The van der Waals surface area contributed by atoms with Gasteiger partial charge in [-0.1, -0.05) is 246 Å². The number of hydrogen-bond donors (Lipinski definition) is 2. The molecule has 0 aliphatic rings. The Hall–Kier alpha value is -3.33. The lowest BCUT2D eigenvalue weighted by Gasteiger charge is -2.27. The number of quaternary nitrogens is 1. The largest absolute Gasteiger partial charge is 0.472 e. The van der Waals surface area contributed by atoms with Gasteiger partial charge in [0.05, 0.1) is 33.8 Å². The molecule has 0 bridgehead atoms. The van der Waals surface area contributed by atoms with Gasteiger partial charge >= 0.3 is 13.8 Å². The van der Waals surface area contributed by atoms with Crippen LogP contribution in [-0.2, 0) is 27.9 Å². The van der Waals surface area contributed by atoms with Crippen molar-refractivity contribution in [1.82, 2.24) is 5.32 Å². The first kappa shape index (κ1) is 74.7. The first-order valence-corrected chi connectivity index (χ1v) is 33.2. The molecule has 0 spiro atoms. The Labute approximate surface area is 481 Å². The lowest BCUT2D eigenvalue weighted by molar-refractivity contribution is -0.870. The minimum absolute atomic E-state index is 0.0255. The van der Waals surface area contributed by atoms with Crippen LogP contribution in [0.5, 0.6) is 0 Å². The van der Waals surface area contributed by atoms with E-state index in [1.54, 1.807) is 0 Å². The summed E-state index contributed by atoms with van der Waals surface area (Å²) in [5.41, 5.74) is 0. The second kappa shape index (κ2) is 56.9. The predicted molar refractivity (Wildman–Crippen MR) is 337 cm³/mol. The van der Waals surface area contributed by atoms with Crippen molar-refractivity contribution in [1.29, 1.82) is 0 Å². The standard InChI is InChI=1S/C68H119N2O7P/c1-7-10-13-16-19-22-25-28-30-32-33-34-35-36-37-38-40-43-46-49-52-55-58-61-68(72)77-66(59-56-53-50-47-44-41-27-24-21-18-15-12-9-3)65(64-76-78(73,74)75-63-62-70(4,5)6)69-67(71)60-57-54-51-48-45-42-39-31-29-26-23-20-17-14-11-8-2/h10,13,19,22,28,30-31,33-34,36-37,39-40,42-43,45,56,59,65-66H,7-9,11-12,14-18,20-21,23-27,29,32,35,38,41,44,46-55,57-58,60-64H2,1-6H3,(H-,69,71,73,74)/p+1/b13-10-,22-19-,30-28-,34-33-,37-36-,39-31+,43-40-,45-42+,59-56-. The number of hydrogen-bond acceptors (Lipinski definition) is 6. The fourth-order valence-corrected chi connectivity index (χ4v) is 9.32. The van der Waals surface area contributed by atoms with Gasteiger partial charge in [0.1, 0.15) is 19.3 Å². The van der Waals surface area contributed by atoms with Gasteiger partial charge in [0.25, 0.3) is 0 Å². The third-order valence-electron chi connectivity index (χ3n) is 13.5. The van der Waals surface area contributed by atoms with Crippen molar-refractivity contribution >= 4 is 19.7 Å². The third-order valence-corrected chi connectivity index (χ3v) is 14.5. The summed E-state index contributed by atoms with van der Waals surface area (Å²) in [7, 11) is 1.45. The van der Waals surface area contributed by atoms with Gasteiger partial charge in [0, 0.05) is 12.8 Å². The van der Waals surface area contributed by atoms with E-state index in [1.165, 1.54) is 103 Å². The molecule has 448 valence electrons. The zero-order chi connectivity index (χ0) is 57.2. The molecule has 0 aromatic heterocycles. The number of unbranched alkanes of at least 4 members (excludes halogenated alkanes) is 25. The van der Waals surface area contributed by atoms with Crippen LogP contribution in [0, 0.1) is 0 Å². The molecule has 0 rings (SSSR count). The van der Waals surface area contributed by atoms with E-state index >= 15 is 0 Å². The number of nitrogens with zero attached hydrogens (tertiary/aromatic N) is 1. The number of carbonyl (C=O) groups is 2. The number of nitrogens with one attached hydrogen (secondary N) is 1. The van der Waals surface area contributed by atoms with Crippen molar-refractivity contribution in [3.63, 3.8) is 0 Å². The zero-order valence-electron chi connectivity index (χ0n) is 51.1. The molecule has 0 heterocycles. The van der Waals surface area contributed by atoms with Gasteiger partial charge in [-0.15, -0.1) is 0 Å². The van der Waals surface area contributed by atoms with Crippen LogP contribution in [0.15, 0.2) is 109 Å². The molecule has 0 fully saturated rings. The Morgan fingerprint density at radius 3 is 1.32 bits per heavy atom. The number of likely N-dealkylation sites (N-methyl/N-ethyl adjacent to an activating group) is 1. The van der Waals surface area contributed by atoms with Gasteiger partial charge < -0.3 is 19.4 Å². The predicted octanol–water partition coefficient (Wildman–Crippen LogP) is 19.7. The molecule has 0 aliphatic carbocycles. The topological polar surface area (TPSA) is 111 Å². The van der Waals surface area contributed by atoms with Crippen LogP contribution in [0.3, 0.4) is 0 Å². The molecule has 3 unspecified atom stereocenters. The minimum Gasteiger partial charge on any atom is -0.456 e. The van der Waals surface area contributed by atoms with Gasteiger partial charge in [0.15, 0.2) is 0 Å². The normalized spacial score (nSPS) is 14.4. The lowest BCUT2D eigenvalue weighted by atomic mass is 10.0. The van der Waals surface area contributed by atoms with E-state index in [1.807, 2.05) is 33.3 Å². The van der Waals surface area contributed by atoms with E-state index in [9.17, 15) is 19.0 Å². The number of phosphoric acid groups is 1. The molecule has 2 N–H and O–H groups in total. The van der Waals surface area contributed by atoms with E-state index in [0.29, 0.717) is 23.9 Å². The molecule has 0 aliphatic heterocycles. The molecule has 1 amide bonds.